The van der Waals surface area contributed by atoms with E-state index in [9.17, 15) is 10.5 Å². The number of aromatic nitrogens is 1. The van der Waals surface area contributed by atoms with Crippen LogP contribution in [-0.2, 0) is 5.41 Å². The highest BCUT2D eigenvalue weighted by molar-refractivity contribution is 7.26. The lowest BCUT2D eigenvalue weighted by atomic mass is 9.65. The number of ether oxygens (including phenoxy) is 1. The molecule has 4 nitrogen and oxygen atoms in total. The van der Waals surface area contributed by atoms with Crippen molar-refractivity contribution < 1.29 is 4.74 Å². The topological polar surface area (TPSA) is 61.7 Å². The highest BCUT2D eigenvalue weighted by Crippen LogP contribution is 2.62. The van der Waals surface area contributed by atoms with Gasteiger partial charge < -0.3 is 9.30 Å². The Bertz CT molecular complexity index is 2670. The minimum Gasteiger partial charge on any atom is -0.497 e. The molecule has 6 aromatic carbocycles. The summed E-state index contributed by atoms with van der Waals surface area (Å²) in [6.07, 6.45) is 0. The molecule has 208 valence electrons. The van der Waals surface area contributed by atoms with Gasteiger partial charge in [-0.3, -0.25) is 0 Å². The lowest BCUT2D eigenvalue weighted by molar-refractivity contribution is 0.414. The fourth-order valence-electron chi connectivity index (χ4n) is 8.23. The Kier molecular flexibility index (Phi) is 4.58. The Balaban J connectivity index is 1.50. The zero-order valence-corrected chi connectivity index (χ0v) is 24.9. The molecule has 8 aromatic rings. The maximum atomic E-state index is 10.1. The van der Waals surface area contributed by atoms with Crippen LogP contribution in [0.25, 0.3) is 58.8 Å². The number of fused-ring (bicyclic) bond motifs is 16. The van der Waals surface area contributed by atoms with Gasteiger partial charge >= 0.3 is 0 Å². The second kappa shape index (κ2) is 8.39. The Morgan fingerprint density at radius 2 is 1.33 bits per heavy atom. The molecule has 0 saturated heterocycles. The summed E-state index contributed by atoms with van der Waals surface area (Å²) in [5.41, 5.74) is 10.4. The minimum atomic E-state index is -0.744. The van der Waals surface area contributed by atoms with Gasteiger partial charge in [0.15, 0.2) is 0 Å². The summed E-state index contributed by atoms with van der Waals surface area (Å²) < 4.78 is 10.8. The first-order chi connectivity index (χ1) is 22.2. The van der Waals surface area contributed by atoms with Crippen LogP contribution in [-0.4, -0.2) is 11.7 Å². The van der Waals surface area contributed by atoms with Crippen molar-refractivity contribution in [1.29, 1.82) is 10.5 Å². The van der Waals surface area contributed by atoms with Gasteiger partial charge in [0.1, 0.15) is 5.75 Å². The van der Waals surface area contributed by atoms with Gasteiger partial charge in [-0.05, 0) is 75.8 Å². The van der Waals surface area contributed by atoms with Gasteiger partial charge in [0.2, 0.25) is 0 Å². The standard InChI is InChI=1S/C40H21N3OS/c1-44-24-11-15-30-34(19-24)43-38-27(28-14-16-36-37(39(28)43)29-5-2-3-8-35(29)45-36)6-4-7-31(38)40(30)32-17-22(20-41)9-12-25(32)26-13-10-23(21-42)18-33(26)40/h2-19H,1H3. The largest absolute Gasteiger partial charge is 0.497 e. The normalized spacial score (nSPS) is 13.6. The van der Waals surface area contributed by atoms with E-state index >= 15 is 0 Å². The predicted molar refractivity (Wildman–Crippen MR) is 181 cm³/mol. The van der Waals surface area contributed by atoms with Gasteiger partial charge in [-0.1, -0.05) is 60.7 Å². The number of thiophene rings is 1. The SMILES string of the molecule is COc1ccc2c(c1)-n1c3c(cccc3c3ccc4sc5ccccc5c4c31)C21c2cc(C#N)ccc2-c2ccc(C#N)cc21. The summed E-state index contributed by atoms with van der Waals surface area (Å²) in [6, 6.07) is 43.0. The zero-order valence-electron chi connectivity index (χ0n) is 24.1. The summed E-state index contributed by atoms with van der Waals surface area (Å²) in [6.45, 7) is 0. The molecule has 2 aromatic heterocycles. The van der Waals surface area contributed by atoms with Gasteiger partial charge in [-0.25, -0.2) is 0 Å². The number of methoxy groups -OCH3 is 1. The summed E-state index contributed by atoms with van der Waals surface area (Å²) in [5.74, 6) is 0.774. The van der Waals surface area contributed by atoms with Crippen molar-refractivity contribution in [3.8, 4) is 34.7 Å². The third-order valence-corrected chi connectivity index (χ3v) is 11.1. The molecule has 10 rings (SSSR count). The number of benzene rings is 6. The number of nitrogens with zero attached hydrogens (tertiary/aromatic N) is 3. The van der Waals surface area contributed by atoms with E-state index in [0.29, 0.717) is 11.1 Å². The van der Waals surface area contributed by atoms with Crippen LogP contribution in [0.1, 0.15) is 33.4 Å². The van der Waals surface area contributed by atoms with Crippen LogP contribution >= 0.6 is 11.3 Å². The molecule has 0 fully saturated rings. The third kappa shape index (κ3) is 2.81. The van der Waals surface area contributed by atoms with Crippen LogP contribution in [0.3, 0.4) is 0 Å². The maximum absolute atomic E-state index is 10.1. The molecular weight excluding hydrogens is 571 g/mol. The smallest absolute Gasteiger partial charge is 0.120 e. The summed E-state index contributed by atoms with van der Waals surface area (Å²) in [7, 11) is 1.71. The highest BCUT2D eigenvalue weighted by Gasteiger charge is 2.51. The molecule has 0 saturated carbocycles. The van der Waals surface area contributed by atoms with E-state index in [1.165, 1.54) is 36.5 Å². The molecule has 0 unspecified atom stereocenters. The molecule has 0 bridgehead atoms. The van der Waals surface area contributed by atoms with E-state index < -0.39 is 5.41 Å². The quantitative estimate of drug-likeness (QED) is 0.191. The van der Waals surface area contributed by atoms with Gasteiger partial charge in [-0.2, -0.15) is 10.5 Å². The van der Waals surface area contributed by atoms with E-state index in [2.05, 4.69) is 108 Å². The van der Waals surface area contributed by atoms with E-state index in [4.69, 9.17) is 4.74 Å². The Morgan fingerprint density at radius 3 is 2.07 bits per heavy atom. The van der Waals surface area contributed by atoms with E-state index in [0.717, 1.165) is 50.3 Å². The number of para-hydroxylation sites is 1. The van der Waals surface area contributed by atoms with Crippen LogP contribution in [0.4, 0.5) is 0 Å². The van der Waals surface area contributed by atoms with Crippen LogP contribution < -0.4 is 4.74 Å². The Labute approximate surface area is 262 Å². The fourth-order valence-corrected chi connectivity index (χ4v) is 9.34. The van der Waals surface area contributed by atoms with Crippen molar-refractivity contribution in [1.82, 2.24) is 4.57 Å². The number of hydrogen-bond acceptors (Lipinski definition) is 4. The monoisotopic (exact) mass is 591 g/mol. The van der Waals surface area contributed by atoms with E-state index in [-0.39, 0.29) is 0 Å². The van der Waals surface area contributed by atoms with Crippen LogP contribution in [0.15, 0.2) is 109 Å². The third-order valence-electron chi connectivity index (χ3n) is 9.94. The number of nitriles is 2. The molecule has 45 heavy (non-hydrogen) atoms. The van der Waals surface area contributed by atoms with Crippen LogP contribution in [0, 0.1) is 22.7 Å². The van der Waals surface area contributed by atoms with E-state index in [1.54, 1.807) is 7.11 Å². The first-order valence-corrected chi connectivity index (χ1v) is 15.7. The summed E-state index contributed by atoms with van der Waals surface area (Å²) >= 11 is 1.83. The fraction of sp³-hybridized carbons (Fsp3) is 0.0500. The highest BCUT2D eigenvalue weighted by atomic mass is 32.1. The molecule has 3 heterocycles. The lowest BCUT2D eigenvalue weighted by Gasteiger charge is -2.39. The maximum Gasteiger partial charge on any atom is 0.120 e. The average Bonchev–Trinajstić information content (AvgIpc) is 3.73. The van der Waals surface area contributed by atoms with Crippen molar-refractivity contribution in [3.63, 3.8) is 0 Å². The van der Waals surface area contributed by atoms with Gasteiger partial charge in [0, 0.05) is 37.0 Å². The van der Waals surface area contributed by atoms with Crippen molar-refractivity contribution in [2.24, 2.45) is 0 Å². The summed E-state index contributed by atoms with van der Waals surface area (Å²) in [4.78, 5) is 0. The van der Waals surface area contributed by atoms with Gasteiger partial charge in [0.05, 0.1) is 52.5 Å². The minimum absolute atomic E-state index is 0.612. The molecule has 0 N–H and O–H groups in total. The van der Waals surface area contributed by atoms with Crippen molar-refractivity contribution >= 4 is 53.3 Å². The lowest BCUT2D eigenvalue weighted by Crippen LogP contribution is -2.33. The first-order valence-electron chi connectivity index (χ1n) is 14.8. The summed E-state index contributed by atoms with van der Waals surface area (Å²) in [5, 5.41) is 25.0. The zero-order chi connectivity index (χ0) is 30.0. The molecule has 1 spiro atoms. The molecule has 0 radical (unpaired) electrons. The molecule has 0 atom stereocenters. The number of hydrogen-bond donors (Lipinski definition) is 0. The van der Waals surface area contributed by atoms with Gasteiger partial charge in [0.25, 0.3) is 0 Å². The number of rotatable bonds is 1. The molecule has 1 aliphatic heterocycles. The van der Waals surface area contributed by atoms with E-state index in [1.807, 2.05) is 29.5 Å². The van der Waals surface area contributed by atoms with Crippen molar-refractivity contribution in [3.05, 3.63) is 143 Å². The second-order valence-corrected chi connectivity index (χ2v) is 12.9. The van der Waals surface area contributed by atoms with Gasteiger partial charge in [-0.15, -0.1) is 11.3 Å². The van der Waals surface area contributed by atoms with Crippen molar-refractivity contribution in [2.75, 3.05) is 7.11 Å². The predicted octanol–water partition coefficient (Wildman–Crippen LogP) is 9.58. The molecule has 2 aliphatic rings. The second-order valence-electron chi connectivity index (χ2n) is 11.8. The Morgan fingerprint density at radius 1 is 0.622 bits per heavy atom. The Hall–Kier alpha value is -5.88. The molecular formula is C40H21N3OS. The molecule has 0 amide bonds. The van der Waals surface area contributed by atoms with Crippen LogP contribution in [0.5, 0.6) is 5.75 Å². The van der Waals surface area contributed by atoms with Crippen molar-refractivity contribution in [2.45, 2.75) is 5.41 Å². The average molecular weight is 592 g/mol. The first kappa shape index (κ1) is 24.6. The van der Waals surface area contributed by atoms with Crippen LogP contribution in [0.2, 0.25) is 0 Å². The molecule has 5 heteroatoms. The molecule has 1 aliphatic carbocycles.